The number of methoxy groups -OCH3 is 1. The molecule has 1 N–H and O–H groups in total. The molecule has 30 heavy (non-hydrogen) atoms. The third-order valence-corrected chi connectivity index (χ3v) is 4.69. The number of hydrogen-bond acceptors (Lipinski definition) is 5. The summed E-state index contributed by atoms with van der Waals surface area (Å²) >= 11 is 6.01. The number of carbonyl (C=O) groups excluding carboxylic acids is 3. The standard InChI is InChI=1S/C22H15ClN2O5/c1-29-16-7-5-15(6-8-16)25-21(27)18(20(26)24-22(25)28)12-17-9-10-19(30-17)13-3-2-4-14(23)11-13/h2-12H,1H3,(H,24,26,28)/b18-12-. The quantitative estimate of drug-likeness (QED) is 0.501. The predicted molar refractivity (Wildman–Crippen MR) is 111 cm³/mol. The van der Waals surface area contributed by atoms with Crippen molar-refractivity contribution in [3.8, 4) is 17.1 Å². The van der Waals surface area contributed by atoms with Gasteiger partial charge < -0.3 is 9.15 Å². The Hall–Kier alpha value is -3.84. The lowest BCUT2D eigenvalue weighted by Crippen LogP contribution is -2.54. The molecule has 0 aliphatic carbocycles. The van der Waals surface area contributed by atoms with Crippen molar-refractivity contribution in [1.29, 1.82) is 0 Å². The molecule has 1 aliphatic heterocycles. The van der Waals surface area contributed by atoms with E-state index in [1.807, 2.05) is 6.07 Å². The van der Waals surface area contributed by atoms with Gasteiger partial charge in [0.05, 0.1) is 12.8 Å². The first-order valence-electron chi connectivity index (χ1n) is 8.87. The summed E-state index contributed by atoms with van der Waals surface area (Å²) in [6, 6.07) is 15.9. The molecule has 8 heteroatoms. The lowest BCUT2D eigenvalue weighted by Gasteiger charge is -2.26. The maximum atomic E-state index is 12.9. The second kappa shape index (κ2) is 7.88. The number of halogens is 1. The van der Waals surface area contributed by atoms with E-state index in [0.29, 0.717) is 22.2 Å². The number of amides is 4. The first-order valence-corrected chi connectivity index (χ1v) is 9.25. The molecule has 7 nitrogen and oxygen atoms in total. The van der Waals surface area contributed by atoms with E-state index in [4.69, 9.17) is 20.8 Å². The van der Waals surface area contributed by atoms with Crippen LogP contribution in [0.1, 0.15) is 5.76 Å². The van der Waals surface area contributed by atoms with Crippen LogP contribution in [0.25, 0.3) is 17.4 Å². The van der Waals surface area contributed by atoms with E-state index in [1.165, 1.54) is 13.2 Å². The lowest BCUT2D eigenvalue weighted by molar-refractivity contribution is -0.122. The number of benzene rings is 2. The zero-order valence-corrected chi connectivity index (χ0v) is 16.5. The molecular weight excluding hydrogens is 408 g/mol. The molecule has 0 radical (unpaired) electrons. The summed E-state index contributed by atoms with van der Waals surface area (Å²) in [6.45, 7) is 0. The van der Waals surface area contributed by atoms with Gasteiger partial charge in [-0.3, -0.25) is 14.9 Å². The molecule has 2 aromatic carbocycles. The number of nitrogens with one attached hydrogen (secondary N) is 1. The molecule has 0 atom stereocenters. The molecule has 1 fully saturated rings. The molecule has 0 spiro atoms. The van der Waals surface area contributed by atoms with E-state index < -0.39 is 17.8 Å². The van der Waals surface area contributed by atoms with Crippen molar-refractivity contribution < 1.29 is 23.5 Å². The zero-order valence-electron chi connectivity index (χ0n) is 15.7. The SMILES string of the molecule is COc1ccc(N2C(=O)NC(=O)/C(=C/c3ccc(-c4cccc(Cl)c4)o3)C2=O)cc1. The summed E-state index contributed by atoms with van der Waals surface area (Å²) in [5, 5.41) is 2.73. The molecule has 1 aliphatic rings. The fourth-order valence-electron chi connectivity index (χ4n) is 2.99. The number of hydrogen-bond donors (Lipinski definition) is 1. The Kier molecular flexibility index (Phi) is 5.12. The summed E-state index contributed by atoms with van der Waals surface area (Å²) in [4.78, 5) is 38.4. The molecule has 4 rings (SSSR count). The van der Waals surface area contributed by atoms with Crippen molar-refractivity contribution >= 4 is 41.2 Å². The Morgan fingerprint density at radius 3 is 2.50 bits per heavy atom. The van der Waals surface area contributed by atoms with Gasteiger partial charge >= 0.3 is 6.03 Å². The average Bonchev–Trinajstić information content (AvgIpc) is 3.20. The molecule has 0 bridgehead atoms. The third kappa shape index (κ3) is 3.70. The van der Waals surface area contributed by atoms with Crippen LogP contribution in [0.5, 0.6) is 5.75 Å². The smallest absolute Gasteiger partial charge is 0.335 e. The Balaban J connectivity index is 1.66. The Morgan fingerprint density at radius 2 is 1.80 bits per heavy atom. The number of ether oxygens (including phenoxy) is 1. The predicted octanol–water partition coefficient (Wildman–Crippen LogP) is 4.28. The Labute approximate surface area is 176 Å². The third-order valence-electron chi connectivity index (χ3n) is 4.45. The number of nitrogens with zero attached hydrogens (tertiary/aromatic N) is 1. The van der Waals surface area contributed by atoms with Crippen molar-refractivity contribution in [2.75, 3.05) is 12.0 Å². The zero-order chi connectivity index (χ0) is 21.3. The van der Waals surface area contributed by atoms with Crippen LogP contribution in [-0.4, -0.2) is 25.0 Å². The van der Waals surface area contributed by atoms with Gasteiger partial charge in [0.25, 0.3) is 11.8 Å². The van der Waals surface area contributed by atoms with Crippen LogP contribution < -0.4 is 15.0 Å². The molecular formula is C22H15ClN2O5. The molecule has 150 valence electrons. The summed E-state index contributed by atoms with van der Waals surface area (Å²) in [7, 11) is 1.51. The van der Waals surface area contributed by atoms with Crippen molar-refractivity contribution in [1.82, 2.24) is 5.32 Å². The van der Waals surface area contributed by atoms with Crippen LogP contribution in [0.4, 0.5) is 10.5 Å². The van der Waals surface area contributed by atoms with Crippen molar-refractivity contribution in [3.63, 3.8) is 0 Å². The maximum absolute atomic E-state index is 12.9. The monoisotopic (exact) mass is 422 g/mol. The van der Waals surface area contributed by atoms with Crippen LogP contribution >= 0.6 is 11.6 Å². The van der Waals surface area contributed by atoms with E-state index in [1.54, 1.807) is 54.6 Å². The van der Waals surface area contributed by atoms with Crippen LogP contribution in [0.15, 0.2) is 70.7 Å². The van der Waals surface area contributed by atoms with Crippen molar-refractivity contribution in [2.45, 2.75) is 0 Å². The number of barbiturate groups is 1. The maximum Gasteiger partial charge on any atom is 0.335 e. The van der Waals surface area contributed by atoms with Crippen molar-refractivity contribution in [3.05, 3.63) is 77.0 Å². The van der Waals surface area contributed by atoms with Gasteiger partial charge in [0.2, 0.25) is 0 Å². The molecule has 4 amide bonds. The molecule has 3 aromatic rings. The van der Waals surface area contributed by atoms with Crippen LogP contribution in [0.2, 0.25) is 5.02 Å². The summed E-state index contributed by atoms with van der Waals surface area (Å²) in [5.41, 5.74) is 0.829. The highest BCUT2D eigenvalue weighted by Gasteiger charge is 2.37. The number of imide groups is 2. The topological polar surface area (TPSA) is 88.8 Å². The largest absolute Gasteiger partial charge is 0.497 e. The molecule has 1 aromatic heterocycles. The number of carbonyl (C=O) groups is 3. The van der Waals surface area contributed by atoms with Crippen LogP contribution in [0, 0.1) is 0 Å². The van der Waals surface area contributed by atoms with Gasteiger partial charge in [0.1, 0.15) is 22.8 Å². The van der Waals surface area contributed by atoms with Gasteiger partial charge in [-0.2, -0.15) is 0 Å². The van der Waals surface area contributed by atoms with Gasteiger partial charge in [-0.15, -0.1) is 0 Å². The normalized spacial score (nSPS) is 15.5. The highest BCUT2D eigenvalue weighted by Crippen LogP contribution is 2.27. The second-order valence-corrected chi connectivity index (χ2v) is 6.80. The minimum atomic E-state index is -0.827. The summed E-state index contributed by atoms with van der Waals surface area (Å²) < 4.78 is 10.8. The summed E-state index contributed by atoms with van der Waals surface area (Å²) in [6.07, 6.45) is 1.30. The first-order chi connectivity index (χ1) is 14.5. The van der Waals surface area contributed by atoms with Gasteiger partial charge in [-0.05, 0) is 54.6 Å². The van der Waals surface area contributed by atoms with E-state index in [9.17, 15) is 14.4 Å². The Bertz CT molecular complexity index is 1180. The fourth-order valence-corrected chi connectivity index (χ4v) is 3.18. The molecule has 0 unspecified atom stereocenters. The van der Waals surface area contributed by atoms with E-state index in [0.717, 1.165) is 10.5 Å². The minimum Gasteiger partial charge on any atom is -0.497 e. The van der Waals surface area contributed by atoms with E-state index in [2.05, 4.69) is 5.32 Å². The number of urea groups is 1. The second-order valence-electron chi connectivity index (χ2n) is 6.37. The van der Waals surface area contributed by atoms with Crippen LogP contribution in [0.3, 0.4) is 0 Å². The van der Waals surface area contributed by atoms with Gasteiger partial charge in [-0.25, -0.2) is 9.69 Å². The van der Waals surface area contributed by atoms with Gasteiger partial charge in [0.15, 0.2) is 0 Å². The minimum absolute atomic E-state index is 0.225. The summed E-state index contributed by atoms with van der Waals surface area (Å²) in [5.74, 6) is -0.173. The highest BCUT2D eigenvalue weighted by atomic mass is 35.5. The number of furan rings is 1. The number of rotatable bonds is 4. The molecule has 2 heterocycles. The van der Waals surface area contributed by atoms with Gasteiger partial charge in [-0.1, -0.05) is 23.7 Å². The molecule has 0 saturated carbocycles. The van der Waals surface area contributed by atoms with Crippen molar-refractivity contribution in [2.24, 2.45) is 0 Å². The molecule has 1 saturated heterocycles. The van der Waals surface area contributed by atoms with E-state index >= 15 is 0 Å². The first kappa shape index (κ1) is 19.5. The lowest BCUT2D eigenvalue weighted by atomic mass is 10.1. The van der Waals surface area contributed by atoms with Gasteiger partial charge in [0, 0.05) is 10.6 Å². The Morgan fingerprint density at radius 1 is 1.03 bits per heavy atom. The van der Waals surface area contributed by atoms with E-state index in [-0.39, 0.29) is 11.3 Å². The fraction of sp³-hybridized carbons (Fsp3) is 0.0455. The average molecular weight is 423 g/mol. The highest BCUT2D eigenvalue weighted by molar-refractivity contribution is 6.39. The van der Waals surface area contributed by atoms with Crippen LogP contribution in [-0.2, 0) is 9.59 Å². The number of anilines is 1.